The molecular formula is C40H29NO6. The third kappa shape index (κ3) is 4.30. The standard InChI is InChI=1S/C40H29NO6/c1-21-19-32(43)35-30(37(21)44)20-29-27(36(35)34-26-10-6-5-7-22(26)13-18-31(34)42)16-17-28-33(29)40(47)41(39(28)46)25-14-11-24(12-15-25)38(45)23-8-3-2-4-9-23/h2-16,18-19,28-29,33,36,42H,17,20H2,1H3/t28-,29+,33-,36+/m0/s1. The van der Waals surface area contributed by atoms with E-state index in [0.717, 1.165) is 16.3 Å². The van der Waals surface area contributed by atoms with Gasteiger partial charge < -0.3 is 5.11 Å². The van der Waals surface area contributed by atoms with Crippen molar-refractivity contribution in [2.45, 2.75) is 25.7 Å². The van der Waals surface area contributed by atoms with E-state index in [-0.39, 0.29) is 47.8 Å². The van der Waals surface area contributed by atoms with Crippen molar-refractivity contribution < 1.29 is 29.1 Å². The van der Waals surface area contributed by atoms with Crippen LogP contribution in [0.1, 0.15) is 47.2 Å². The van der Waals surface area contributed by atoms with Crippen LogP contribution in [0.4, 0.5) is 5.69 Å². The SMILES string of the molecule is CC1=CC(=O)C2=C(C[C@@H]3C(=CC[C@@H]4C(=O)N(c5ccc(C(=O)c6ccccc6)cc5)C(=O)[C@@H]43)[C@@H]2c2c(O)ccc3ccccc23)C1=O. The smallest absolute Gasteiger partial charge is 0.238 e. The number of anilines is 1. The van der Waals surface area contributed by atoms with E-state index in [0.29, 0.717) is 39.1 Å². The summed E-state index contributed by atoms with van der Waals surface area (Å²) in [6.07, 6.45) is 3.74. The van der Waals surface area contributed by atoms with E-state index >= 15 is 0 Å². The predicted molar refractivity (Wildman–Crippen MR) is 176 cm³/mol. The molecule has 1 fully saturated rings. The number of hydrogen-bond acceptors (Lipinski definition) is 6. The Bertz CT molecular complexity index is 2170. The Kier molecular flexibility index (Phi) is 6.55. The maximum Gasteiger partial charge on any atom is 0.238 e. The number of phenolic OH excluding ortho intramolecular Hbond substituents is 1. The third-order valence-corrected chi connectivity index (χ3v) is 10.2. The summed E-state index contributed by atoms with van der Waals surface area (Å²) in [4.78, 5) is 69.8. The lowest BCUT2D eigenvalue weighted by Crippen LogP contribution is -2.39. The molecule has 3 aliphatic carbocycles. The molecule has 47 heavy (non-hydrogen) atoms. The zero-order chi connectivity index (χ0) is 32.6. The number of allylic oxidation sites excluding steroid dienone is 6. The summed E-state index contributed by atoms with van der Waals surface area (Å²) in [5.74, 6) is -4.08. The summed E-state index contributed by atoms with van der Waals surface area (Å²) in [5, 5.41) is 13.0. The first-order valence-corrected chi connectivity index (χ1v) is 15.7. The van der Waals surface area contributed by atoms with Gasteiger partial charge in [0.25, 0.3) is 0 Å². The molecule has 4 atom stereocenters. The number of nitrogens with zero attached hydrogens (tertiary/aromatic N) is 1. The zero-order valence-electron chi connectivity index (χ0n) is 25.5. The minimum Gasteiger partial charge on any atom is -0.508 e. The quantitative estimate of drug-likeness (QED) is 0.122. The Balaban J connectivity index is 1.21. The van der Waals surface area contributed by atoms with Gasteiger partial charge in [-0.15, -0.1) is 0 Å². The molecule has 0 radical (unpaired) electrons. The molecule has 4 aromatic carbocycles. The number of carbonyl (C=O) groups excluding carboxylic acids is 5. The van der Waals surface area contributed by atoms with Crippen LogP contribution in [0.3, 0.4) is 0 Å². The average Bonchev–Trinajstić information content (AvgIpc) is 3.35. The van der Waals surface area contributed by atoms with E-state index < -0.39 is 23.7 Å². The van der Waals surface area contributed by atoms with Gasteiger partial charge in [0.15, 0.2) is 17.3 Å². The number of Topliss-reactive ketones (excluding diaryl/α,β-unsaturated/α-hetero) is 1. The second-order valence-corrected chi connectivity index (χ2v) is 12.7. The van der Waals surface area contributed by atoms with Crippen molar-refractivity contribution in [2.75, 3.05) is 4.90 Å². The Labute approximate surface area is 270 Å². The molecule has 4 aliphatic rings. The van der Waals surface area contributed by atoms with Gasteiger partial charge in [-0.3, -0.25) is 28.9 Å². The summed E-state index contributed by atoms with van der Waals surface area (Å²) in [5.41, 5.74) is 3.66. The summed E-state index contributed by atoms with van der Waals surface area (Å²) in [6.45, 7) is 1.61. The van der Waals surface area contributed by atoms with E-state index in [4.69, 9.17) is 0 Å². The van der Waals surface area contributed by atoms with Crippen molar-refractivity contribution >= 4 is 45.6 Å². The number of hydrogen-bond donors (Lipinski definition) is 1. The van der Waals surface area contributed by atoms with Crippen molar-refractivity contribution in [3.05, 3.63) is 142 Å². The van der Waals surface area contributed by atoms with Gasteiger partial charge in [0, 0.05) is 39.3 Å². The van der Waals surface area contributed by atoms with E-state index in [1.54, 1.807) is 61.5 Å². The highest BCUT2D eigenvalue weighted by Crippen LogP contribution is 2.57. The predicted octanol–water partition coefficient (Wildman–Crippen LogP) is 6.41. The molecule has 8 rings (SSSR count). The van der Waals surface area contributed by atoms with Crippen molar-refractivity contribution in [3.8, 4) is 5.75 Å². The van der Waals surface area contributed by atoms with E-state index in [1.807, 2.05) is 42.5 Å². The summed E-state index contributed by atoms with van der Waals surface area (Å²) in [7, 11) is 0. The van der Waals surface area contributed by atoms with E-state index in [2.05, 4.69) is 0 Å². The van der Waals surface area contributed by atoms with Gasteiger partial charge in [-0.1, -0.05) is 72.3 Å². The van der Waals surface area contributed by atoms with Gasteiger partial charge in [-0.05, 0) is 72.9 Å². The van der Waals surface area contributed by atoms with Gasteiger partial charge >= 0.3 is 0 Å². The van der Waals surface area contributed by atoms with Crippen molar-refractivity contribution in [3.63, 3.8) is 0 Å². The third-order valence-electron chi connectivity index (χ3n) is 10.2. The van der Waals surface area contributed by atoms with E-state index in [1.165, 1.54) is 11.0 Å². The topological polar surface area (TPSA) is 109 Å². The summed E-state index contributed by atoms with van der Waals surface area (Å²) in [6, 6.07) is 26.3. The average molecular weight is 620 g/mol. The number of phenols is 1. The monoisotopic (exact) mass is 619 g/mol. The Hall–Kier alpha value is -5.69. The van der Waals surface area contributed by atoms with Crippen LogP contribution in [-0.4, -0.2) is 34.3 Å². The molecule has 230 valence electrons. The Morgan fingerprint density at radius 3 is 2.26 bits per heavy atom. The second-order valence-electron chi connectivity index (χ2n) is 12.7. The minimum atomic E-state index is -0.754. The molecule has 1 N–H and O–H groups in total. The first-order valence-electron chi connectivity index (χ1n) is 15.7. The van der Waals surface area contributed by atoms with Gasteiger partial charge in [0.05, 0.1) is 17.5 Å². The van der Waals surface area contributed by atoms with Crippen LogP contribution in [0, 0.1) is 17.8 Å². The highest BCUT2D eigenvalue weighted by atomic mass is 16.3. The number of fused-ring (bicyclic) bond motifs is 4. The molecule has 1 aliphatic heterocycles. The van der Waals surface area contributed by atoms with Crippen LogP contribution >= 0.6 is 0 Å². The van der Waals surface area contributed by atoms with Gasteiger partial charge in [-0.2, -0.15) is 0 Å². The Morgan fingerprint density at radius 2 is 1.49 bits per heavy atom. The van der Waals surface area contributed by atoms with Crippen LogP contribution < -0.4 is 4.90 Å². The molecular weight excluding hydrogens is 590 g/mol. The molecule has 0 spiro atoms. The van der Waals surface area contributed by atoms with Crippen LogP contribution in [0.15, 0.2) is 125 Å². The first kappa shape index (κ1) is 28.8. The lowest BCUT2D eigenvalue weighted by molar-refractivity contribution is -0.123. The number of amides is 2. The molecule has 0 saturated carbocycles. The van der Waals surface area contributed by atoms with Crippen LogP contribution in [0.25, 0.3) is 10.8 Å². The minimum absolute atomic E-state index is 0.00339. The lowest BCUT2D eigenvalue weighted by atomic mass is 9.59. The number of ketones is 3. The van der Waals surface area contributed by atoms with Crippen LogP contribution in [-0.2, 0) is 19.2 Å². The van der Waals surface area contributed by atoms with Gasteiger partial charge in [0.1, 0.15) is 5.75 Å². The molecule has 7 heteroatoms. The van der Waals surface area contributed by atoms with Gasteiger partial charge in [0.2, 0.25) is 11.8 Å². The highest BCUT2D eigenvalue weighted by Gasteiger charge is 2.57. The van der Waals surface area contributed by atoms with Crippen LogP contribution in [0.2, 0.25) is 0 Å². The molecule has 0 unspecified atom stereocenters. The second kappa shape index (κ2) is 10.7. The van der Waals surface area contributed by atoms with Crippen LogP contribution in [0.5, 0.6) is 5.75 Å². The largest absolute Gasteiger partial charge is 0.508 e. The van der Waals surface area contributed by atoms with Crippen molar-refractivity contribution in [1.82, 2.24) is 0 Å². The van der Waals surface area contributed by atoms with Crippen molar-refractivity contribution in [1.29, 1.82) is 0 Å². The fourth-order valence-electron chi connectivity index (χ4n) is 8.07. The molecule has 1 heterocycles. The van der Waals surface area contributed by atoms with E-state index in [9.17, 15) is 29.1 Å². The number of carbonyl (C=O) groups is 5. The van der Waals surface area contributed by atoms with Crippen molar-refractivity contribution in [2.24, 2.45) is 17.8 Å². The maximum atomic E-state index is 14.3. The molecule has 4 aromatic rings. The molecule has 7 nitrogen and oxygen atoms in total. The molecule has 0 bridgehead atoms. The first-order chi connectivity index (χ1) is 22.7. The fourth-order valence-corrected chi connectivity index (χ4v) is 8.07. The number of aromatic hydroxyl groups is 1. The number of benzene rings is 4. The molecule has 0 aromatic heterocycles. The lowest BCUT2D eigenvalue weighted by Gasteiger charge is -2.42. The zero-order valence-corrected chi connectivity index (χ0v) is 25.5. The highest BCUT2D eigenvalue weighted by molar-refractivity contribution is 6.25. The summed E-state index contributed by atoms with van der Waals surface area (Å²) >= 11 is 0. The number of imide groups is 1. The maximum absolute atomic E-state index is 14.3. The molecule has 2 amide bonds. The fraction of sp³-hybridized carbons (Fsp3) is 0.175. The van der Waals surface area contributed by atoms with Gasteiger partial charge in [-0.25, -0.2) is 0 Å². The summed E-state index contributed by atoms with van der Waals surface area (Å²) < 4.78 is 0. The number of rotatable bonds is 4. The normalized spacial score (nSPS) is 23.7. The molecule has 1 saturated heterocycles. The Morgan fingerprint density at radius 1 is 0.787 bits per heavy atom.